The van der Waals surface area contributed by atoms with Gasteiger partial charge in [-0.25, -0.2) is 0 Å². The lowest BCUT2D eigenvalue weighted by Crippen LogP contribution is -2.23. The molecule has 0 aliphatic heterocycles. The molecule has 0 spiro atoms. The van der Waals surface area contributed by atoms with E-state index in [2.05, 4.69) is 20.1 Å². The van der Waals surface area contributed by atoms with Crippen LogP contribution in [-0.2, 0) is 17.5 Å². The molecule has 162 valence electrons. The molecule has 1 amide bonds. The van der Waals surface area contributed by atoms with Gasteiger partial charge in [-0.3, -0.25) is 4.79 Å². The van der Waals surface area contributed by atoms with Crippen molar-refractivity contribution in [3.8, 4) is 0 Å². The van der Waals surface area contributed by atoms with E-state index >= 15 is 0 Å². The Balaban J connectivity index is 1.45. The highest BCUT2D eigenvalue weighted by Gasteiger charge is 2.32. The van der Waals surface area contributed by atoms with Crippen molar-refractivity contribution in [1.29, 1.82) is 0 Å². The molecule has 1 heterocycles. The summed E-state index contributed by atoms with van der Waals surface area (Å²) in [6.45, 7) is 2.36. The zero-order valence-corrected chi connectivity index (χ0v) is 17.6. The lowest BCUT2D eigenvalue weighted by atomic mass is 10.2. The summed E-state index contributed by atoms with van der Waals surface area (Å²) >= 11 is 1.29. The molecule has 5 nitrogen and oxygen atoms in total. The molecule has 0 bridgehead atoms. The maximum atomic E-state index is 12.7. The fraction of sp³-hybridized carbons (Fsp3) is 0.318. The summed E-state index contributed by atoms with van der Waals surface area (Å²) in [4.78, 5) is 12.6. The van der Waals surface area contributed by atoms with Crippen LogP contribution in [0.15, 0.2) is 59.8 Å². The molecule has 1 unspecified atom stereocenters. The summed E-state index contributed by atoms with van der Waals surface area (Å²) in [6, 6.07) is 14.4. The van der Waals surface area contributed by atoms with Crippen LogP contribution >= 0.6 is 11.8 Å². The van der Waals surface area contributed by atoms with Gasteiger partial charge in [0.2, 0.25) is 5.91 Å². The standard InChI is InChI=1S/C22H21F3N4OS/c1-14(20(30)26-18-11-9-17(10-12-18)22(23,24)25)31-21-28-27-19(16-7-8-16)29(21)13-15-5-3-2-4-6-15/h2-6,9-12,14,16H,7-8,13H2,1H3,(H,26,30). The average Bonchev–Trinajstić information content (AvgIpc) is 3.51. The van der Waals surface area contributed by atoms with E-state index in [1.807, 2.05) is 30.3 Å². The van der Waals surface area contributed by atoms with Crippen LogP contribution in [0.3, 0.4) is 0 Å². The van der Waals surface area contributed by atoms with Gasteiger partial charge in [0.15, 0.2) is 5.16 Å². The number of alkyl halides is 3. The molecule has 1 fully saturated rings. The summed E-state index contributed by atoms with van der Waals surface area (Å²) in [6.07, 6.45) is -2.24. The number of carbonyl (C=O) groups is 1. The highest BCUT2D eigenvalue weighted by molar-refractivity contribution is 8.00. The van der Waals surface area contributed by atoms with E-state index in [4.69, 9.17) is 0 Å². The number of hydrogen-bond acceptors (Lipinski definition) is 4. The summed E-state index contributed by atoms with van der Waals surface area (Å²) in [5.74, 6) is 1.02. The minimum atomic E-state index is -4.41. The van der Waals surface area contributed by atoms with Crippen molar-refractivity contribution in [1.82, 2.24) is 14.8 Å². The van der Waals surface area contributed by atoms with Gasteiger partial charge < -0.3 is 9.88 Å². The highest BCUT2D eigenvalue weighted by atomic mass is 32.2. The minimum Gasteiger partial charge on any atom is -0.325 e. The Morgan fingerprint density at radius 1 is 1.13 bits per heavy atom. The Kier molecular flexibility index (Phi) is 6.04. The molecule has 1 saturated carbocycles. The molecule has 1 aliphatic carbocycles. The summed E-state index contributed by atoms with van der Waals surface area (Å²) in [5.41, 5.74) is 0.678. The van der Waals surface area contributed by atoms with E-state index in [1.54, 1.807) is 6.92 Å². The molecule has 1 aromatic heterocycles. The average molecular weight is 446 g/mol. The lowest BCUT2D eigenvalue weighted by Gasteiger charge is -2.14. The maximum absolute atomic E-state index is 12.7. The van der Waals surface area contributed by atoms with Crippen molar-refractivity contribution in [3.05, 3.63) is 71.5 Å². The van der Waals surface area contributed by atoms with Crippen molar-refractivity contribution in [2.75, 3.05) is 5.32 Å². The number of benzene rings is 2. The first kappa shape index (κ1) is 21.4. The fourth-order valence-electron chi connectivity index (χ4n) is 3.14. The van der Waals surface area contributed by atoms with Gasteiger partial charge in [-0.05, 0) is 49.6 Å². The van der Waals surface area contributed by atoms with E-state index in [0.29, 0.717) is 23.3 Å². The van der Waals surface area contributed by atoms with Crippen LogP contribution in [0, 0.1) is 0 Å². The zero-order chi connectivity index (χ0) is 22.0. The number of anilines is 1. The van der Waals surface area contributed by atoms with Gasteiger partial charge in [-0.1, -0.05) is 42.1 Å². The molecule has 9 heteroatoms. The van der Waals surface area contributed by atoms with Gasteiger partial charge in [0.05, 0.1) is 17.4 Å². The molecule has 1 aliphatic rings. The van der Waals surface area contributed by atoms with Crippen molar-refractivity contribution >= 4 is 23.4 Å². The number of nitrogens with one attached hydrogen (secondary N) is 1. The Bertz CT molecular complexity index is 1050. The monoisotopic (exact) mass is 446 g/mol. The second-order valence-corrected chi connectivity index (χ2v) is 8.82. The summed E-state index contributed by atoms with van der Waals surface area (Å²) in [5, 5.41) is 11.5. The molecular weight excluding hydrogens is 425 g/mol. The SMILES string of the molecule is CC(Sc1nnc(C2CC2)n1Cc1ccccc1)C(=O)Nc1ccc(C(F)(F)F)cc1. The molecule has 4 rings (SSSR count). The third kappa shape index (κ3) is 5.28. The predicted molar refractivity (Wildman–Crippen MR) is 113 cm³/mol. The molecule has 1 atom stereocenters. The summed E-state index contributed by atoms with van der Waals surface area (Å²) in [7, 11) is 0. The molecular formula is C22H21F3N4OS. The molecule has 31 heavy (non-hydrogen) atoms. The van der Waals surface area contributed by atoms with E-state index in [-0.39, 0.29) is 5.91 Å². The first-order valence-electron chi connectivity index (χ1n) is 9.93. The number of nitrogens with zero attached hydrogens (tertiary/aromatic N) is 3. The number of amides is 1. The van der Waals surface area contributed by atoms with Crippen molar-refractivity contribution in [2.45, 2.75) is 48.8 Å². The van der Waals surface area contributed by atoms with E-state index in [1.165, 1.54) is 23.9 Å². The van der Waals surface area contributed by atoms with Crippen LogP contribution in [0.4, 0.5) is 18.9 Å². The van der Waals surface area contributed by atoms with Crippen molar-refractivity contribution < 1.29 is 18.0 Å². The Morgan fingerprint density at radius 2 is 1.81 bits per heavy atom. The van der Waals surface area contributed by atoms with Crippen LogP contribution in [0.25, 0.3) is 0 Å². The van der Waals surface area contributed by atoms with Gasteiger partial charge in [0.1, 0.15) is 5.82 Å². The smallest absolute Gasteiger partial charge is 0.325 e. The van der Waals surface area contributed by atoms with Crippen LogP contribution in [0.2, 0.25) is 0 Å². The van der Waals surface area contributed by atoms with Gasteiger partial charge >= 0.3 is 6.18 Å². The number of carbonyl (C=O) groups excluding carboxylic acids is 1. The second kappa shape index (κ2) is 8.74. The van der Waals surface area contributed by atoms with Crippen LogP contribution in [0.1, 0.15) is 42.6 Å². The van der Waals surface area contributed by atoms with E-state index in [9.17, 15) is 18.0 Å². The van der Waals surface area contributed by atoms with Crippen LogP contribution in [-0.4, -0.2) is 25.9 Å². The quantitative estimate of drug-likeness (QED) is 0.498. The van der Waals surface area contributed by atoms with Gasteiger partial charge in [0.25, 0.3) is 0 Å². The molecule has 2 aromatic carbocycles. The van der Waals surface area contributed by atoms with Crippen LogP contribution in [0.5, 0.6) is 0 Å². The number of halogens is 3. The fourth-order valence-corrected chi connectivity index (χ4v) is 4.00. The first-order chi connectivity index (χ1) is 14.8. The molecule has 1 N–H and O–H groups in total. The zero-order valence-electron chi connectivity index (χ0n) is 16.8. The first-order valence-corrected chi connectivity index (χ1v) is 10.8. The van der Waals surface area contributed by atoms with Gasteiger partial charge in [-0.2, -0.15) is 13.2 Å². The number of hydrogen-bond donors (Lipinski definition) is 1. The number of thioether (sulfide) groups is 1. The molecule has 3 aromatic rings. The largest absolute Gasteiger partial charge is 0.416 e. The Hall–Kier alpha value is -2.81. The highest BCUT2D eigenvalue weighted by Crippen LogP contribution is 2.40. The lowest BCUT2D eigenvalue weighted by molar-refractivity contribution is -0.137. The van der Waals surface area contributed by atoms with E-state index < -0.39 is 17.0 Å². The van der Waals surface area contributed by atoms with E-state index in [0.717, 1.165) is 36.4 Å². The number of rotatable bonds is 7. The molecule has 0 radical (unpaired) electrons. The van der Waals surface area contributed by atoms with Crippen molar-refractivity contribution in [3.63, 3.8) is 0 Å². The van der Waals surface area contributed by atoms with Gasteiger partial charge in [-0.15, -0.1) is 10.2 Å². The normalized spacial score (nSPS) is 15.0. The topological polar surface area (TPSA) is 59.8 Å². The number of aromatic nitrogens is 3. The van der Waals surface area contributed by atoms with Gasteiger partial charge in [0, 0.05) is 11.6 Å². The third-order valence-corrected chi connectivity index (χ3v) is 6.08. The second-order valence-electron chi connectivity index (χ2n) is 7.51. The predicted octanol–water partition coefficient (Wildman–Crippen LogP) is 5.34. The Morgan fingerprint density at radius 3 is 2.42 bits per heavy atom. The maximum Gasteiger partial charge on any atom is 0.416 e. The third-order valence-electron chi connectivity index (χ3n) is 5.00. The summed E-state index contributed by atoms with van der Waals surface area (Å²) < 4.78 is 40.2. The molecule has 0 saturated heterocycles. The van der Waals surface area contributed by atoms with Crippen LogP contribution < -0.4 is 5.32 Å². The van der Waals surface area contributed by atoms with Crippen molar-refractivity contribution in [2.24, 2.45) is 0 Å². The Labute approximate surface area is 182 Å². The minimum absolute atomic E-state index is 0.313.